The zero-order chi connectivity index (χ0) is 28.4. The van der Waals surface area contributed by atoms with Crippen LogP contribution in [0.4, 0.5) is 11.4 Å². The van der Waals surface area contributed by atoms with Crippen molar-refractivity contribution in [3.63, 3.8) is 0 Å². The van der Waals surface area contributed by atoms with Gasteiger partial charge >= 0.3 is 0 Å². The van der Waals surface area contributed by atoms with Gasteiger partial charge in [0.15, 0.2) is 0 Å². The first-order valence-electron chi connectivity index (χ1n) is 14.2. The molecule has 0 aliphatic carbocycles. The zero-order valence-electron chi connectivity index (χ0n) is 23.4. The van der Waals surface area contributed by atoms with E-state index in [2.05, 4.69) is 199 Å². The molecule has 0 saturated carbocycles. The van der Waals surface area contributed by atoms with Crippen molar-refractivity contribution in [2.75, 3.05) is 4.90 Å². The van der Waals surface area contributed by atoms with Crippen molar-refractivity contribution < 1.29 is 0 Å². The zero-order valence-corrected chi connectivity index (χ0v) is 24.3. The summed E-state index contributed by atoms with van der Waals surface area (Å²) in [6.45, 7) is 0. The number of nitrogens with zero attached hydrogens (tertiary/aromatic N) is 1. The average molecular weight is 558 g/mol. The molecule has 0 atom stereocenters. The number of benzene rings is 6. The predicted octanol–water partition coefficient (Wildman–Crippen LogP) is 10.0. The Morgan fingerprint density at radius 2 is 0.738 bits per heavy atom. The van der Waals surface area contributed by atoms with E-state index in [9.17, 15) is 0 Å². The second-order valence-corrected chi connectivity index (χ2v) is 12.0. The number of hydrogen-bond acceptors (Lipinski definition) is 1. The first kappa shape index (κ1) is 27.2. The predicted molar refractivity (Wildman–Crippen MR) is 183 cm³/mol. The topological polar surface area (TPSA) is 3.24 Å². The van der Waals surface area contributed by atoms with E-state index in [1.807, 2.05) is 0 Å². The molecule has 0 aliphatic rings. The van der Waals surface area contributed by atoms with Gasteiger partial charge in [-0.1, -0.05) is 164 Å². The second kappa shape index (κ2) is 13.6. The Hall–Kier alpha value is -4.97. The number of anilines is 2. The molecule has 0 N–H and O–H groups in total. The Bertz CT molecular complexity index is 1520. The third kappa shape index (κ3) is 6.33. The maximum Gasteiger partial charge on any atom is 0.0534 e. The second-order valence-electron chi connectivity index (χ2n) is 9.85. The normalized spacial score (nSPS) is 11.8. The van der Waals surface area contributed by atoms with E-state index in [1.165, 1.54) is 21.5 Å². The fourth-order valence-corrected chi connectivity index (χ4v) is 7.56. The van der Waals surface area contributed by atoms with Gasteiger partial charge in [0.1, 0.15) is 0 Å². The Morgan fingerprint density at radius 3 is 1.17 bits per heavy atom. The molecule has 6 rings (SSSR count). The lowest BCUT2D eigenvalue weighted by atomic mass is 10.1. The molecule has 0 fully saturated rings. The van der Waals surface area contributed by atoms with Crippen LogP contribution in [0.1, 0.15) is 11.1 Å². The number of rotatable bonds is 9. The molecule has 42 heavy (non-hydrogen) atoms. The summed E-state index contributed by atoms with van der Waals surface area (Å²) in [5.41, 5.74) is 5.71. The number of para-hydroxylation sites is 2. The highest BCUT2D eigenvalue weighted by molar-refractivity contribution is 7.82. The minimum Gasteiger partial charge on any atom is -0.310 e. The standard InChI is InChI=1S/C40H32NP/c1-7-19-33(20-8-1)39(41(35-23-11-3-12-24-35)36-25-13-4-14-26-36)31-32-40(34-21-9-2-10-22-34)42(37-27-15-5-16-28-37)38-29-17-6-18-30-38/h1-32H/b39-31+,40-32+. The molecule has 0 aliphatic heterocycles. The van der Waals surface area contributed by atoms with Gasteiger partial charge in [0.25, 0.3) is 0 Å². The lowest BCUT2D eigenvalue weighted by Gasteiger charge is -2.28. The van der Waals surface area contributed by atoms with Crippen molar-refractivity contribution >= 4 is 40.9 Å². The van der Waals surface area contributed by atoms with Gasteiger partial charge in [-0.25, -0.2) is 0 Å². The average Bonchev–Trinajstić information content (AvgIpc) is 3.08. The maximum absolute atomic E-state index is 2.35. The van der Waals surface area contributed by atoms with Crippen molar-refractivity contribution in [2.24, 2.45) is 0 Å². The van der Waals surface area contributed by atoms with E-state index in [0.29, 0.717) is 0 Å². The van der Waals surface area contributed by atoms with Crippen LogP contribution in [0, 0.1) is 0 Å². The summed E-state index contributed by atoms with van der Waals surface area (Å²) in [4.78, 5) is 2.35. The molecule has 6 aromatic carbocycles. The summed E-state index contributed by atoms with van der Waals surface area (Å²) in [6, 6.07) is 64.6. The van der Waals surface area contributed by atoms with Crippen molar-refractivity contribution in [1.29, 1.82) is 0 Å². The highest BCUT2D eigenvalue weighted by atomic mass is 31.1. The molecule has 0 bridgehead atoms. The van der Waals surface area contributed by atoms with Crippen LogP contribution in [-0.2, 0) is 0 Å². The molecular formula is C40H32NP. The van der Waals surface area contributed by atoms with Crippen LogP contribution in [0.2, 0.25) is 0 Å². The smallest absolute Gasteiger partial charge is 0.0534 e. The van der Waals surface area contributed by atoms with Crippen LogP contribution in [0.25, 0.3) is 11.0 Å². The molecule has 202 valence electrons. The van der Waals surface area contributed by atoms with E-state index in [4.69, 9.17) is 0 Å². The monoisotopic (exact) mass is 557 g/mol. The third-order valence-electron chi connectivity index (χ3n) is 7.08. The van der Waals surface area contributed by atoms with E-state index in [0.717, 1.165) is 22.6 Å². The molecule has 0 spiro atoms. The molecule has 2 heteroatoms. The number of hydrogen-bond donors (Lipinski definition) is 0. The highest BCUT2D eigenvalue weighted by Gasteiger charge is 2.21. The van der Waals surface area contributed by atoms with Crippen molar-refractivity contribution in [2.45, 2.75) is 0 Å². The Kier molecular flexibility index (Phi) is 8.81. The van der Waals surface area contributed by atoms with E-state index >= 15 is 0 Å². The van der Waals surface area contributed by atoms with Crippen LogP contribution >= 0.6 is 7.92 Å². The molecule has 0 saturated heterocycles. The van der Waals surface area contributed by atoms with Crippen LogP contribution < -0.4 is 15.5 Å². The fraction of sp³-hybridized carbons (Fsp3) is 0. The Balaban J connectivity index is 1.61. The molecule has 1 nitrogen and oxygen atoms in total. The number of allylic oxidation sites excluding steroid dienone is 2. The van der Waals surface area contributed by atoms with Gasteiger partial charge in [0.2, 0.25) is 0 Å². The summed E-state index contributed by atoms with van der Waals surface area (Å²) in [6.07, 6.45) is 4.65. The summed E-state index contributed by atoms with van der Waals surface area (Å²) in [5, 5.41) is 3.95. The first-order valence-corrected chi connectivity index (χ1v) is 15.6. The maximum atomic E-state index is 2.35. The molecule has 0 amide bonds. The fourth-order valence-electron chi connectivity index (χ4n) is 5.14. The van der Waals surface area contributed by atoms with E-state index < -0.39 is 7.92 Å². The van der Waals surface area contributed by atoms with Crippen LogP contribution in [-0.4, -0.2) is 0 Å². The van der Waals surface area contributed by atoms with Gasteiger partial charge in [-0.3, -0.25) is 0 Å². The van der Waals surface area contributed by atoms with Gasteiger partial charge in [0.05, 0.1) is 5.70 Å². The lowest BCUT2D eigenvalue weighted by molar-refractivity contribution is 1.29. The lowest BCUT2D eigenvalue weighted by Crippen LogP contribution is -2.15. The van der Waals surface area contributed by atoms with Gasteiger partial charge in [-0.05, 0) is 65.3 Å². The summed E-state index contributed by atoms with van der Waals surface area (Å²) < 4.78 is 0. The molecular weight excluding hydrogens is 525 g/mol. The SMILES string of the molecule is C(/C=C(\c1ccccc1)P(c1ccccc1)c1ccccc1)=C(/c1ccccc1)N(c1ccccc1)c1ccccc1. The largest absolute Gasteiger partial charge is 0.310 e. The van der Waals surface area contributed by atoms with Crippen LogP contribution in [0.3, 0.4) is 0 Å². The van der Waals surface area contributed by atoms with E-state index in [-0.39, 0.29) is 0 Å². The van der Waals surface area contributed by atoms with Crippen molar-refractivity contribution in [3.05, 3.63) is 205 Å². The summed E-state index contributed by atoms with van der Waals surface area (Å²) in [5.74, 6) is 0. The molecule has 0 unspecified atom stereocenters. The molecule has 0 heterocycles. The first-order chi connectivity index (χ1) is 20.9. The Morgan fingerprint density at radius 1 is 0.381 bits per heavy atom. The Labute approximate surface area is 250 Å². The van der Waals surface area contributed by atoms with Gasteiger partial charge in [-0.15, -0.1) is 0 Å². The molecule has 0 radical (unpaired) electrons. The third-order valence-corrected chi connectivity index (χ3v) is 9.60. The van der Waals surface area contributed by atoms with E-state index in [1.54, 1.807) is 0 Å². The minimum atomic E-state index is -0.820. The van der Waals surface area contributed by atoms with Gasteiger partial charge in [-0.2, -0.15) is 0 Å². The summed E-state index contributed by atoms with van der Waals surface area (Å²) >= 11 is 0. The van der Waals surface area contributed by atoms with Crippen molar-refractivity contribution in [1.82, 2.24) is 0 Å². The molecule has 0 aromatic heterocycles. The minimum absolute atomic E-state index is 0.820. The van der Waals surface area contributed by atoms with Crippen molar-refractivity contribution in [3.8, 4) is 0 Å². The van der Waals surface area contributed by atoms with Crippen LogP contribution in [0.15, 0.2) is 194 Å². The van der Waals surface area contributed by atoms with Gasteiger partial charge < -0.3 is 4.90 Å². The molecule has 6 aromatic rings. The summed E-state index contributed by atoms with van der Waals surface area (Å²) in [7, 11) is -0.820. The van der Waals surface area contributed by atoms with Crippen LogP contribution in [0.5, 0.6) is 0 Å². The highest BCUT2D eigenvalue weighted by Crippen LogP contribution is 2.49. The quantitative estimate of drug-likeness (QED) is 0.126. The van der Waals surface area contributed by atoms with Gasteiger partial charge in [0, 0.05) is 11.4 Å².